The lowest BCUT2D eigenvalue weighted by Crippen LogP contribution is -2.39. The second kappa shape index (κ2) is 4.46. The Morgan fingerprint density at radius 2 is 2.06 bits per heavy atom. The van der Waals surface area contributed by atoms with Crippen molar-refractivity contribution in [2.75, 3.05) is 6.61 Å². The number of aliphatic hydroxyl groups is 1. The molecular weight excluding hydrogens is 288 g/mol. The fourth-order valence-electron chi connectivity index (χ4n) is 1.78. The molecule has 0 amide bonds. The number of halogens is 1. The van der Waals surface area contributed by atoms with Crippen LogP contribution in [0.2, 0.25) is 0 Å². The monoisotopic (exact) mass is 298 g/mol. The second-order valence-electron chi connectivity index (χ2n) is 3.68. The molecular formula is C11H11BrN2O3. The third-order valence-electron chi connectivity index (χ3n) is 2.64. The molecule has 0 aliphatic heterocycles. The van der Waals surface area contributed by atoms with Crippen LogP contribution in [0.25, 0.3) is 10.9 Å². The maximum atomic E-state index is 12.0. The van der Waals surface area contributed by atoms with E-state index in [1.807, 2.05) is 0 Å². The highest BCUT2D eigenvalue weighted by Gasteiger charge is 2.10. The van der Waals surface area contributed by atoms with Gasteiger partial charge in [-0.25, -0.2) is 4.79 Å². The van der Waals surface area contributed by atoms with Gasteiger partial charge in [0, 0.05) is 11.5 Å². The zero-order chi connectivity index (χ0) is 12.6. The van der Waals surface area contributed by atoms with Gasteiger partial charge in [0.05, 0.1) is 24.1 Å². The lowest BCUT2D eigenvalue weighted by atomic mass is 10.2. The first-order chi connectivity index (χ1) is 8.06. The van der Waals surface area contributed by atoms with Crippen LogP contribution in [0.5, 0.6) is 0 Å². The summed E-state index contributed by atoms with van der Waals surface area (Å²) in [5.41, 5.74) is -0.220. The molecule has 1 N–H and O–H groups in total. The SMILES string of the molecule is Cn1c(=O)n(CCO)c(=O)c2ccc(Br)cc21. The molecule has 0 unspecified atom stereocenters. The first-order valence-electron chi connectivity index (χ1n) is 5.06. The summed E-state index contributed by atoms with van der Waals surface area (Å²) >= 11 is 3.30. The number of aryl methyl sites for hydroxylation is 1. The molecule has 2 rings (SSSR count). The normalized spacial score (nSPS) is 11.0. The number of fused-ring (bicyclic) bond motifs is 1. The average Bonchev–Trinajstić information content (AvgIpc) is 2.32. The fourth-order valence-corrected chi connectivity index (χ4v) is 2.13. The first kappa shape index (κ1) is 12.1. The van der Waals surface area contributed by atoms with E-state index in [1.165, 1.54) is 4.57 Å². The number of rotatable bonds is 2. The van der Waals surface area contributed by atoms with Gasteiger partial charge in [-0.2, -0.15) is 0 Å². The van der Waals surface area contributed by atoms with E-state index in [-0.39, 0.29) is 18.7 Å². The molecule has 0 bridgehead atoms. The molecule has 0 saturated carbocycles. The van der Waals surface area contributed by atoms with Crippen molar-refractivity contribution in [3.8, 4) is 0 Å². The lowest BCUT2D eigenvalue weighted by Gasteiger charge is -2.09. The van der Waals surface area contributed by atoms with Crippen LogP contribution in [0.15, 0.2) is 32.3 Å². The molecule has 0 fully saturated rings. The molecule has 1 aromatic carbocycles. The minimum atomic E-state index is -0.422. The topological polar surface area (TPSA) is 64.2 Å². The van der Waals surface area contributed by atoms with Crippen LogP contribution in [0.1, 0.15) is 0 Å². The maximum Gasteiger partial charge on any atom is 0.331 e. The van der Waals surface area contributed by atoms with Crippen LogP contribution in [0.3, 0.4) is 0 Å². The van der Waals surface area contributed by atoms with Crippen molar-refractivity contribution < 1.29 is 5.11 Å². The van der Waals surface area contributed by atoms with Crippen LogP contribution >= 0.6 is 15.9 Å². The van der Waals surface area contributed by atoms with Crippen LogP contribution in [0, 0.1) is 0 Å². The van der Waals surface area contributed by atoms with Gasteiger partial charge in [0.15, 0.2) is 0 Å². The van der Waals surface area contributed by atoms with Crippen LogP contribution in [-0.2, 0) is 13.6 Å². The summed E-state index contributed by atoms with van der Waals surface area (Å²) in [6, 6.07) is 5.13. The van der Waals surface area contributed by atoms with Gasteiger partial charge in [0.2, 0.25) is 0 Å². The van der Waals surface area contributed by atoms with E-state index in [0.29, 0.717) is 10.9 Å². The minimum Gasteiger partial charge on any atom is -0.395 e. The molecule has 5 nitrogen and oxygen atoms in total. The zero-order valence-electron chi connectivity index (χ0n) is 9.18. The van der Waals surface area contributed by atoms with Crippen LogP contribution in [0.4, 0.5) is 0 Å². The maximum absolute atomic E-state index is 12.0. The number of hydrogen-bond donors (Lipinski definition) is 1. The molecule has 0 atom stereocenters. The van der Waals surface area contributed by atoms with Gasteiger partial charge in [-0.05, 0) is 18.2 Å². The highest BCUT2D eigenvalue weighted by Crippen LogP contribution is 2.15. The Bertz CT molecular complexity index is 687. The van der Waals surface area contributed by atoms with Crippen molar-refractivity contribution in [3.05, 3.63) is 43.5 Å². The smallest absolute Gasteiger partial charge is 0.331 e. The number of aromatic nitrogens is 2. The molecule has 0 aliphatic carbocycles. The van der Waals surface area contributed by atoms with Crippen LogP contribution in [-0.4, -0.2) is 20.8 Å². The molecule has 6 heteroatoms. The Balaban J connectivity index is 2.95. The number of hydrogen-bond acceptors (Lipinski definition) is 3. The molecule has 0 spiro atoms. The van der Waals surface area contributed by atoms with Gasteiger partial charge < -0.3 is 5.11 Å². The van der Waals surface area contributed by atoms with E-state index in [4.69, 9.17) is 5.11 Å². The Labute approximate surface area is 105 Å². The van der Waals surface area contributed by atoms with Gasteiger partial charge >= 0.3 is 5.69 Å². The summed E-state index contributed by atoms with van der Waals surface area (Å²) in [5, 5.41) is 9.32. The van der Waals surface area contributed by atoms with E-state index < -0.39 is 5.69 Å². The predicted molar refractivity (Wildman–Crippen MR) is 68.2 cm³/mol. The quantitative estimate of drug-likeness (QED) is 0.876. The van der Waals surface area contributed by atoms with Crippen molar-refractivity contribution in [2.45, 2.75) is 6.54 Å². The molecule has 1 aromatic heterocycles. The van der Waals surface area contributed by atoms with Gasteiger partial charge in [0.25, 0.3) is 5.56 Å². The molecule has 90 valence electrons. The van der Waals surface area contributed by atoms with Gasteiger partial charge in [-0.15, -0.1) is 0 Å². The molecule has 17 heavy (non-hydrogen) atoms. The Morgan fingerprint density at radius 1 is 1.35 bits per heavy atom. The molecule has 0 radical (unpaired) electrons. The van der Waals surface area contributed by atoms with Crippen LogP contribution < -0.4 is 11.2 Å². The summed E-state index contributed by atoms with van der Waals surface area (Å²) in [4.78, 5) is 23.9. The van der Waals surface area contributed by atoms with E-state index >= 15 is 0 Å². The summed E-state index contributed by atoms with van der Waals surface area (Å²) in [6.07, 6.45) is 0. The van der Waals surface area contributed by atoms with E-state index in [0.717, 1.165) is 9.04 Å². The third-order valence-corrected chi connectivity index (χ3v) is 3.13. The first-order valence-corrected chi connectivity index (χ1v) is 5.85. The predicted octanol–water partition coefficient (Wildman–Crippen LogP) is 0.455. The highest BCUT2D eigenvalue weighted by atomic mass is 79.9. The van der Waals surface area contributed by atoms with Crippen molar-refractivity contribution >= 4 is 26.8 Å². The highest BCUT2D eigenvalue weighted by molar-refractivity contribution is 9.10. The summed E-state index contributed by atoms with van der Waals surface area (Å²) < 4.78 is 3.24. The largest absolute Gasteiger partial charge is 0.395 e. The zero-order valence-corrected chi connectivity index (χ0v) is 10.8. The Morgan fingerprint density at radius 3 is 2.71 bits per heavy atom. The van der Waals surface area contributed by atoms with Gasteiger partial charge in [-0.3, -0.25) is 13.9 Å². The molecule has 1 heterocycles. The molecule has 2 aromatic rings. The standard InChI is InChI=1S/C11H11BrN2O3/c1-13-9-6-7(12)2-3-8(9)10(16)14(4-5-15)11(13)17/h2-3,6,15H,4-5H2,1H3. The van der Waals surface area contributed by atoms with Crippen molar-refractivity contribution in [1.29, 1.82) is 0 Å². The molecule has 0 aliphatic rings. The number of benzene rings is 1. The molecule has 0 saturated heterocycles. The number of nitrogens with zero attached hydrogens (tertiary/aromatic N) is 2. The fraction of sp³-hybridized carbons (Fsp3) is 0.273. The summed E-state index contributed by atoms with van der Waals surface area (Å²) in [7, 11) is 1.60. The van der Waals surface area contributed by atoms with Gasteiger partial charge in [0.1, 0.15) is 0 Å². The van der Waals surface area contributed by atoms with E-state index in [2.05, 4.69) is 15.9 Å². The van der Waals surface area contributed by atoms with Crippen molar-refractivity contribution in [1.82, 2.24) is 9.13 Å². The van der Waals surface area contributed by atoms with Crippen molar-refractivity contribution in [2.24, 2.45) is 7.05 Å². The van der Waals surface area contributed by atoms with Crippen molar-refractivity contribution in [3.63, 3.8) is 0 Å². The van der Waals surface area contributed by atoms with E-state index in [1.54, 1.807) is 25.2 Å². The van der Waals surface area contributed by atoms with Gasteiger partial charge in [-0.1, -0.05) is 15.9 Å². The Hall–Kier alpha value is -1.40. The number of aliphatic hydroxyl groups excluding tert-OH is 1. The summed E-state index contributed by atoms with van der Waals surface area (Å²) in [5.74, 6) is 0. The Kier molecular flexibility index (Phi) is 3.17. The van der Waals surface area contributed by atoms with E-state index in [9.17, 15) is 9.59 Å². The summed E-state index contributed by atoms with van der Waals surface area (Å²) in [6.45, 7) is -0.227. The third kappa shape index (κ3) is 1.94. The lowest BCUT2D eigenvalue weighted by molar-refractivity contribution is 0.271. The second-order valence-corrected chi connectivity index (χ2v) is 4.60. The minimum absolute atomic E-state index is 0.0114. The average molecular weight is 299 g/mol.